The molecule has 0 N–H and O–H groups in total. The van der Waals surface area contributed by atoms with Crippen LogP contribution in [-0.4, -0.2) is 51.8 Å². The highest BCUT2D eigenvalue weighted by atomic mass is 32.2. The number of benzene rings is 2. The van der Waals surface area contributed by atoms with E-state index in [0.29, 0.717) is 34.9 Å². The molecule has 0 unspecified atom stereocenters. The van der Waals surface area contributed by atoms with Crippen molar-refractivity contribution in [3.8, 4) is 22.7 Å². The summed E-state index contributed by atoms with van der Waals surface area (Å²) in [5.41, 5.74) is 3.53. The number of methoxy groups -OCH3 is 1. The first-order valence-corrected chi connectivity index (χ1v) is 13.3. The Balaban J connectivity index is 1.63. The molecule has 1 amide bonds. The van der Waals surface area contributed by atoms with Crippen LogP contribution in [0.5, 0.6) is 5.75 Å². The van der Waals surface area contributed by atoms with Crippen molar-refractivity contribution in [1.29, 1.82) is 0 Å². The van der Waals surface area contributed by atoms with Gasteiger partial charge in [0, 0.05) is 37.6 Å². The van der Waals surface area contributed by atoms with Crippen LogP contribution in [0.25, 0.3) is 23.0 Å². The lowest BCUT2D eigenvalue weighted by atomic mass is 10.1. The van der Waals surface area contributed by atoms with E-state index in [4.69, 9.17) is 26.8 Å². The highest BCUT2D eigenvalue weighted by molar-refractivity contribution is 8.26. The zero-order valence-electron chi connectivity index (χ0n) is 20.8. The van der Waals surface area contributed by atoms with Gasteiger partial charge in [-0.3, -0.25) is 9.69 Å². The van der Waals surface area contributed by atoms with Gasteiger partial charge in [0.2, 0.25) is 0 Å². The number of rotatable bonds is 11. The van der Waals surface area contributed by atoms with Crippen molar-refractivity contribution < 1.29 is 14.3 Å². The van der Waals surface area contributed by atoms with Crippen LogP contribution in [0, 0.1) is 5.92 Å². The standard InChI is InChI=1S/C28H31N3O3S2/c1-20(2)14-17-34-24-12-10-21(11-13-24)26-22(19-31(29-26)23-8-5-4-6-9-23)18-25-27(32)30(28(35)36-25)15-7-16-33-3/h4-6,8-13,18-20H,7,14-17H2,1-3H3/b25-18-. The summed E-state index contributed by atoms with van der Waals surface area (Å²) in [6.45, 7) is 6.19. The van der Waals surface area contributed by atoms with Crippen LogP contribution in [-0.2, 0) is 9.53 Å². The number of nitrogens with zero attached hydrogens (tertiary/aromatic N) is 3. The van der Waals surface area contributed by atoms with Crippen molar-refractivity contribution in [2.45, 2.75) is 26.7 Å². The minimum absolute atomic E-state index is 0.0755. The van der Waals surface area contributed by atoms with Crippen LogP contribution >= 0.6 is 24.0 Å². The molecule has 1 aliphatic rings. The molecule has 2 aromatic carbocycles. The molecule has 1 aromatic heterocycles. The maximum absolute atomic E-state index is 13.1. The predicted octanol–water partition coefficient (Wildman–Crippen LogP) is 6.20. The Morgan fingerprint density at radius 3 is 2.53 bits per heavy atom. The van der Waals surface area contributed by atoms with Gasteiger partial charge >= 0.3 is 0 Å². The van der Waals surface area contributed by atoms with Gasteiger partial charge in [-0.25, -0.2) is 4.68 Å². The van der Waals surface area contributed by atoms with Crippen molar-refractivity contribution in [3.05, 3.63) is 71.3 Å². The molecule has 2 heterocycles. The van der Waals surface area contributed by atoms with E-state index in [1.165, 1.54) is 11.8 Å². The highest BCUT2D eigenvalue weighted by Gasteiger charge is 2.32. The van der Waals surface area contributed by atoms with E-state index in [9.17, 15) is 4.79 Å². The van der Waals surface area contributed by atoms with Crippen molar-refractivity contribution in [3.63, 3.8) is 0 Å². The molecule has 36 heavy (non-hydrogen) atoms. The fraction of sp³-hybridized carbons (Fsp3) is 0.321. The molecule has 0 saturated carbocycles. The van der Waals surface area contributed by atoms with Gasteiger partial charge in [-0.1, -0.05) is 56.0 Å². The number of thioether (sulfide) groups is 1. The summed E-state index contributed by atoms with van der Waals surface area (Å²) in [4.78, 5) is 15.3. The third kappa shape index (κ3) is 6.43. The first kappa shape index (κ1) is 26.1. The third-order valence-corrected chi connectivity index (χ3v) is 7.12. The Kier molecular flexibility index (Phi) is 8.96. The van der Waals surface area contributed by atoms with Crippen LogP contribution in [0.4, 0.5) is 0 Å². The number of para-hydroxylation sites is 1. The molecule has 0 spiro atoms. The summed E-state index contributed by atoms with van der Waals surface area (Å²) in [7, 11) is 1.65. The Bertz CT molecular complexity index is 1220. The summed E-state index contributed by atoms with van der Waals surface area (Å²) >= 11 is 6.81. The average Bonchev–Trinajstić information content (AvgIpc) is 3.41. The van der Waals surface area contributed by atoms with Crippen molar-refractivity contribution >= 4 is 40.3 Å². The van der Waals surface area contributed by atoms with E-state index in [1.807, 2.05) is 71.6 Å². The second-order valence-corrected chi connectivity index (χ2v) is 10.6. The third-order valence-electron chi connectivity index (χ3n) is 5.75. The zero-order chi connectivity index (χ0) is 25.5. The van der Waals surface area contributed by atoms with Crippen molar-refractivity contribution in [2.24, 2.45) is 5.92 Å². The minimum Gasteiger partial charge on any atom is -0.494 e. The molecular weight excluding hydrogens is 490 g/mol. The molecule has 1 aliphatic heterocycles. The topological polar surface area (TPSA) is 56.6 Å². The molecule has 1 fully saturated rings. The zero-order valence-corrected chi connectivity index (χ0v) is 22.5. The lowest BCUT2D eigenvalue weighted by molar-refractivity contribution is -0.122. The Labute approximate surface area is 222 Å². The fourth-order valence-electron chi connectivity index (χ4n) is 3.75. The predicted molar refractivity (Wildman–Crippen MR) is 150 cm³/mol. The Morgan fingerprint density at radius 1 is 1.08 bits per heavy atom. The number of carbonyl (C=O) groups excluding carboxylic acids is 1. The van der Waals surface area contributed by atoms with E-state index in [0.717, 1.165) is 41.1 Å². The molecule has 0 aliphatic carbocycles. The van der Waals surface area contributed by atoms with Crippen LogP contribution < -0.4 is 4.74 Å². The number of amides is 1. The van der Waals surface area contributed by atoms with Crippen LogP contribution in [0.1, 0.15) is 32.3 Å². The Hall–Kier alpha value is -2.94. The number of ether oxygens (including phenoxy) is 2. The summed E-state index contributed by atoms with van der Waals surface area (Å²) in [6, 6.07) is 17.9. The maximum Gasteiger partial charge on any atom is 0.266 e. The van der Waals surface area contributed by atoms with E-state index in [2.05, 4.69) is 13.8 Å². The minimum atomic E-state index is -0.0755. The van der Waals surface area contributed by atoms with E-state index < -0.39 is 0 Å². The van der Waals surface area contributed by atoms with E-state index in [-0.39, 0.29) is 5.91 Å². The molecular formula is C28H31N3O3S2. The average molecular weight is 522 g/mol. The van der Waals surface area contributed by atoms with Gasteiger partial charge < -0.3 is 9.47 Å². The van der Waals surface area contributed by atoms with Crippen LogP contribution in [0.3, 0.4) is 0 Å². The van der Waals surface area contributed by atoms with Gasteiger partial charge in [0.05, 0.1) is 22.9 Å². The monoisotopic (exact) mass is 521 g/mol. The summed E-state index contributed by atoms with van der Waals surface area (Å²) in [6.07, 6.45) is 5.59. The van der Waals surface area contributed by atoms with Gasteiger partial charge in [0.1, 0.15) is 10.1 Å². The lowest BCUT2D eigenvalue weighted by Gasteiger charge is -2.13. The first-order chi connectivity index (χ1) is 17.5. The number of thiocarbonyl (C=S) groups is 1. The smallest absolute Gasteiger partial charge is 0.266 e. The maximum atomic E-state index is 13.1. The van der Waals surface area contributed by atoms with Gasteiger partial charge in [-0.15, -0.1) is 0 Å². The largest absolute Gasteiger partial charge is 0.494 e. The number of carbonyl (C=O) groups is 1. The van der Waals surface area contributed by atoms with Gasteiger partial charge in [0.15, 0.2) is 0 Å². The molecule has 0 radical (unpaired) electrons. The molecule has 6 nitrogen and oxygen atoms in total. The van der Waals surface area contributed by atoms with Gasteiger partial charge in [0.25, 0.3) is 5.91 Å². The molecule has 8 heteroatoms. The van der Waals surface area contributed by atoms with E-state index in [1.54, 1.807) is 12.0 Å². The van der Waals surface area contributed by atoms with Crippen molar-refractivity contribution in [1.82, 2.24) is 14.7 Å². The molecule has 188 valence electrons. The van der Waals surface area contributed by atoms with Gasteiger partial charge in [-0.05, 0) is 61.2 Å². The molecule has 0 bridgehead atoms. The van der Waals surface area contributed by atoms with E-state index >= 15 is 0 Å². The highest BCUT2D eigenvalue weighted by Crippen LogP contribution is 2.35. The second kappa shape index (κ2) is 12.3. The number of hydrogen-bond acceptors (Lipinski definition) is 6. The number of hydrogen-bond donors (Lipinski definition) is 0. The fourth-order valence-corrected chi connectivity index (χ4v) is 5.05. The molecule has 3 aromatic rings. The molecule has 1 saturated heterocycles. The molecule has 4 rings (SSSR count). The molecule has 0 atom stereocenters. The summed E-state index contributed by atoms with van der Waals surface area (Å²) in [5.74, 6) is 1.36. The van der Waals surface area contributed by atoms with Crippen LogP contribution in [0.15, 0.2) is 65.7 Å². The summed E-state index contributed by atoms with van der Waals surface area (Å²) in [5, 5.41) is 4.88. The quantitative estimate of drug-likeness (QED) is 0.170. The van der Waals surface area contributed by atoms with Crippen molar-refractivity contribution in [2.75, 3.05) is 26.9 Å². The van der Waals surface area contributed by atoms with Gasteiger partial charge in [-0.2, -0.15) is 5.10 Å². The first-order valence-electron chi connectivity index (χ1n) is 12.1. The SMILES string of the molecule is COCCCN1C(=O)/C(=C/c2cn(-c3ccccc3)nc2-c2ccc(OCCC(C)C)cc2)SC1=S. The van der Waals surface area contributed by atoms with Crippen LogP contribution in [0.2, 0.25) is 0 Å². The normalized spacial score (nSPS) is 14.9. The Morgan fingerprint density at radius 2 is 1.83 bits per heavy atom. The lowest BCUT2D eigenvalue weighted by Crippen LogP contribution is -2.29. The number of aromatic nitrogens is 2. The second-order valence-electron chi connectivity index (χ2n) is 8.95. The summed E-state index contributed by atoms with van der Waals surface area (Å²) < 4.78 is 13.4.